The number of carbonyl (C=O) groups excluding carboxylic acids is 1. The lowest BCUT2D eigenvalue weighted by atomic mass is 10.0. The first kappa shape index (κ1) is 13.1. The molecular weight excluding hydrogens is 256 g/mol. The van der Waals surface area contributed by atoms with Crippen molar-refractivity contribution in [2.75, 3.05) is 31.6 Å². The monoisotopic (exact) mass is 276 g/mol. The topological polar surface area (TPSA) is 50.8 Å². The summed E-state index contributed by atoms with van der Waals surface area (Å²) in [6.07, 6.45) is 2.28. The largest absolute Gasteiger partial charge is 0.486 e. The van der Waals surface area contributed by atoms with Crippen LogP contribution in [0.5, 0.6) is 11.5 Å². The highest BCUT2D eigenvalue weighted by atomic mass is 16.6. The van der Waals surface area contributed by atoms with Gasteiger partial charge in [-0.15, -0.1) is 0 Å². The van der Waals surface area contributed by atoms with Gasteiger partial charge in [-0.3, -0.25) is 0 Å². The third kappa shape index (κ3) is 2.81. The molecule has 2 amide bonds. The van der Waals surface area contributed by atoms with Crippen molar-refractivity contribution in [3.63, 3.8) is 0 Å². The van der Waals surface area contributed by atoms with Gasteiger partial charge in [0.1, 0.15) is 13.2 Å². The van der Waals surface area contributed by atoms with Crippen LogP contribution in [0.1, 0.15) is 19.8 Å². The number of ether oxygens (including phenoxy) is 2. The molecule has 3 rings (SSSR count). The van der Waals surface area contributed by atoms with Gasteiger partial charge in [0.05, 0.1) is 0 Å². The average molecular weight is 276 g/mol. The van der Waals surface area contributed by atoms with E-state index in [9.17, 15) is 4.79 Å². The first-order valence-electron chi connectivity index (χ1n) is 7.18. The van der Waals surface area contributed by atoms with Crippen molar-refractivity contribution in [1.82, 2.24) is 4.90 Å². The molecule has 2 heterocycles. The SMILES string of the molecule is CC1CCCN(C(=O)Nc2ccc3c(c2)OCCO3)C1. The maximum atomic E-state index is 12.2. The van der Waals surface area contributed by atoms with E-state index in [1.54, 1.807) is 0 Å². The van der Waals surface area contributed by atoms with Gasteiger partial charge >= 0.3 is 6.03 Å². The number of fused-ring (bicyclic) bond motifs is 1. The number of urea groups is 1. The molecule has 2 aliphatic heterocycles. The summed E-state index contributed by atoms with van der Waals surface area (Å²) in [6, 6.07) is 5.47. The van der Waals surface area contributed by atoms with Gasteiger partial charge < -0.3 is 19.7 Å². The smallest absolute Gasteiger partial charge is 0.321 e. The number of hydrogen-bond acceptors (Lipinski definition) is 3. The van der Waals surface area contributed by atoms with Gasteiger partial charge in [0.2, 0.25) is 0 Å². The van der Waals surface area contributed by atoms with E-state index < -0.39 is 0 Å². The fourth-order valence-corrected chi connectivity index (χ4v) is 2.70. The van der Waals surface area contributed by atoms with Crippen molar-refractivity contribution in [1.29, 1.82) is 0 Å². The zero-order chi connectivity index (χ0) is 13.9. The number of nitrogens with zero attached hydrogens (tertiary/aromatic N) is 1. The number of likely N-dealkylation sites (tertiary alicyclic amines) is 1. The van der Waals surface area contributed by atoms with Gasteiger partial charge in [-0.2, -0.15) is 0 Å². The fraction of sp³-hybridized carbons (Fsp3) is 0.533. The Hall–Kier alpha value is -1.91. The molecule has 0 aromatic heterocycles. The number of anilines is 1. The molecule has 0 bridgehead atoms. The Morgan fingerprint density at radius 2 is 2.10 bits per heavy atom. The molecule has 0 aliphatic carbocycles. The summed E-state index contributed by atoms with van der Waals surface area (Å²) in [5.74, 6) is 2.01. The Balaban J connectivity index is 1.66. The van der Waals surface area contributed by atoms with Crippen LogP contribution in [0.25, 0.3) is 0 Å². The summed E-state index contributed by atoms with van der Waals surface area (Å²) in [4.78, 5) is 14.1. The minimum atomic E-state index is -0.0340. The minimum absolute atomic E-state index is 0.0340. The molecule has 0 radical (unpaired) electrons. The van der Waals surface area contributed by atoms with Crippen LogP contribution in [-0.2, 0) is 0 Å². The van der Waals surface area contributed by atoms with Crippen molar-refractivity contribution in [3.05, 3.63) is 18.2 Å². The van der Waals surface area contributed by atoms with Crippen molar-refractivity contribution >= 4 is 11.7 Å². The summed E-state index contributed by atoms with van der Waals surface area (Å²) in [6.45, 7) is 4.97. The highest BCUT2D eigenvalue weighted by molar-refractivity contribution is 5.89. The molecule has 1 fully saturated rings. The number of carbonyl (C=O) groups is 1. The van der Waals surface area contributed by atoms with Crippen molar-refractivity contribution in [3.8, 4) is 11.5 Å². The van der Waals surface area contributed by atoms with E-state index >= 15 is 0 Å². The number of rotatable bonds is 1. The van der Waals surface area contributed by atoms with Crippen LogP contribution < -0.4 is 14.8 Å². The van der Waals surface area contributed by atoms with Crippen molar-refractivity contribution in [2.24, 2.45) is 5.92 Å². The van der Waals surface area contributed by atoms with E-state index in [4.69, 9.17) is 9.47 Å². The number of nitrogens with one attached hydrogen (secondary N) is 1. The molecule has 108 valence electrons. The Kier molecular flexibility index (Phi) is 3.67. The molecule has 0 saturated carbocycles. The predicted octanol–water partition coefficient (Wildman–Crippen LogP) is 2.72. The normalized spacial score (nSPS) is 21.4. The molecule has 5 nitrogen and oxygen atoms in total. The number of benzene rings is 1. The summed E-state index contributed by atoms with van der Waals surface area (Å²) in [5.41, 5.74) is 0.748. The summed E-state index contributed by atoms with van der Waals surface area (Å²) in [5, 5.41) is 2.93. The summed E-state index contributed by atoms with van der Waals surface area (Å²) < 4.78 is 11.0. The highest BCUT2D eigenvalue weighted by Crippen LogP contribution is 2.32. The molecule has 20 heavy (non-hydrogen) atoms. The van der Waals surface area contributed by atoms with E-state index in [-0.39, 0.29) is 6.03 Å². The van der Waals surface area contributed by atoms with Crippen LogP contribution in [0.3, 0.4) is 0 Å². The molecule has 2 aliphatic rings. The standard InChI is InChI=1S/C15H20N2O3/c1-11-3-2-6-17(10-11)15(18)16-12-4-5-13-14(9-12)20-8-7-19-13/h4-5,9,11H,2-3,6-8,10H2,1H3,(H,16,18). The van der Waals surface area contributed by atoms with E-state index in [0.717, 1.165) is 30.9 Å². The van der Waals surface area contributed by atoms with Gasteiger partial charge in [-0.1, -0.05) is 6.92 Å². The molecule has 1 N–H and O–H groups in total. The molecule has 5 heteroatoms. The molecule has 1 atom stereocenters. The Bertz CT molecular complexity index is 504. The van der Waals surface area contributed by atoms with Crippen LogP contribution in [0, 0.1) is 5.92 Å². The lowest BCUT2D eigenvalue weighted by molar-refractivity contribution is 0.171. The molecule has 1 aromatic carbocycles. The lowest BCUT2D eigenvalue weighted by Crippen LogP contribution is -2.41. The van der Waals surface area contributed by atoms with Gasteiger partial charge in [-0.05, 0) is 30.9 Å². The summed E-state index contributed by atoms with van der Waals surface area (Å²) in [7, 11) is 0. The molecule has 1 saturated heterocycles. The third-order valence-electron chi connectivity index (χ3n) is 3.74. The second-order valence-electron chi connectivity index (χ2n) is 5.48. The first-order chi connectivity index (χ1) is 9.72. The van der Waals surface area contributed by atoms with Gasteiger partial charge in [0.15, 0.2) is 11.5 Å². The third-order valence-corrected chi connectivity index (χ3v) is 3.74. The van der Waals surface area contributed by atoms with Gasteiger partial charge in [0.25, 0.3) is 0 Å². The first-order valence-corrected chi connectivity index (χ1v) is 7.18. The van der Waals surface area contributed by atoms with Crippen LogP contribution in [0.15, 0.2) is 18.2 Å². The molecule has 0 spiro atoms. The average Bonchev–Trinajstić information content (AvgIpc) is 2.47. The molecule has 1 aromatic rings. The van der Waals surface area contributed by atoms with Crippen LogP contribution in [-0.4, -0.2) is 37.2 Å². The molecule has 1 unspecified atom stereocenters. The second kappa shape index (κ2) is 5.61. The fourth-order valence-electron chi connectivity index (χ4n) is 2.70. The minimum Gasteiger partial charge on any atom is -0.486 e. The second-order valence-corrected chi connectivity index (χ2v) is 5.48. The quantitative estimate of drug-likeness (QED) is 0.858. The zero-order valence-corrected chi connectivity index (χ0v) is 11.7. The van der Waals surface area contributed by atoms with E-state index in [2.05, 4.69) is 12.2 Å². The predicted molar refractivity (Wildman–Crippen MR) is 76.4 cm³/mol. The van der Waals surface area contributed by atoms with E-state index in [1.165, 1.54) is 6.42 Å². The highest BCUT2D eigenvalue weighted by Gasteiger charge is 2.21. The van der Waals surface area contributed by atoms with Crippen molar-refractivity contribution in [2.45, 2.75) is 19.8 Å². The number of amides is 2. The Morgan fingerprint density at radius 1 is 1.30 bits per heavy atom. The van der Waals surface area contributed by atoms with E-state index in [1.807, 2.05) is 23.1 Å². The Labute approximate surface area is 118 Å². The van der Waals surface area contributed by atoms with Crippen LogP contribution in [0.2, 0.25) is 0 Å². The van der Waals surface area contributed by atoms with Gasteiger partial charge in [-0.25, -0.2) is 4.79 Å². The van der Waals surface area contributed by atoms with Crippen LogP contribution >= 0.6 is 0 Å². The maximum absolute atomic E-state index is 12.2. The Morgan fingerprint density at radius 3 is 2.90 bits per heavy atom. The van der Waals surface area contributed by atoms with Gasteiger partial charge in [0, 0.05) is 24.8 Å². The number of hydrogen-bond donors (Lipinski definition) is 1. The molecular formula is C15H20N2O3. The zero-order valence-electron chi connectivity index (χ0n) is 11.7. The van der Waals surface area contributed by atoms with Crippen molar-refractivity contribution < 1.29 is 14.3 Å². The maximum Gasteiger partial charge on any atom is 0.321 e. The summed E-state index contributed by atoms with van der Waals surface area (Å²) >= 11 is 0. The number of piperidine rings is 1. The lowest BCUT2D eigenvalue weighted by Gasteiger charge is -2.31. The van der Waals surface area contributed by atoms with E-state index in [0.29, 0.717) is 24.9 Å². The van der Waals surface area contributed by atoms with Crippen LogP contribution in [0.4, 0.5) is 10.5 Å².